The van der Waals surface area contributed by atoms with Crippen LogP contribution in [0.1, 0.15) is 17.5 Å². The minimum atomic E-state index is -0.238. The molecule has 1 saturated heterocycles. The van der Waals surface area contributed by atoms with Crippen molar-refractivity contribution in [3.05, 3.63) is 76.8 Å². The van der Waals surface area contributed by atoms with Crippen LogP contribution in [0.4, 0.5) is 0 Å². The first-order valence-corrected chi connectivity index (χ1v) is 11.1. The van der Waals surface area contributed by atoms with E-state index in [1.165, 1.54) is 0 Å². The van der Waals surface area contributed by atoms with Crippen LogP contribution in [0.3, 0.4) is 0 Å². The number of carbonyl (C=O) groups is 2. The number of allylic oxidation sites excluding steroid dienone is 2. The molecule has 0 radical (unpaired) electrons. The van der Waals surface area contributed by atoms with Crippen molar-refractivity contribution in [2.24, 2.45) is 40.6 Å². The third-order valence-electron chi connectivity index (χ3n) is 7.15. The minimum absolute atomic E-state index is 0.159. The molecule has 31 heavy (non-hydrogen) atoms. The third-order valence-corrected chi connectivity index (χ3v) is 7.39. The van der Waals surface area contributed by atoms with Crippen molar-refractivity contribution in [1.82, 2.24) is 5.01 Å². The van der Waals surface area contributed by atoms with E-state index in [0.29, 0.717) is 34.8 Å². The largest absolute Gasteiger partial charge is 0.488 e. The average molecular weight is 433 g/mol. The Kier molecular flexibility index (Phi) is 4.29. The predicted molar refractivity (Wildman–Crippen MR) is 116 cm³/mol. The van der Waals surface area contributed by atoms with Crippen LogP contribution in [0.15, 0.2) is 65.8 Å². The van der Waals surface area contributed by atoms with Gasteiger partial charge in [-0.1, -0.05) is 48.0 Å². The van der Waals surface area contributed by atoms with Crippen molar-refractivity contribution >= 4 is 29.6 Å². The van der Waals surface area contributed by atoms with E-state index in [-0.39, 0.29) is 35.5 Å². The number of hydrogen-bond donors (Lipinski definition) is 0. The molecule has 0 aromatic heterocycles. The summed E-state index contributed by atoms with van der Waals surface area (Å²) >= 11 is 6.05. The van der Waals surface area contributed by atoms with Gasteiger partial charge in [0.25, 0.3) is 11.8 Å². The van der Waals surface area contributed by atoms with Gasteiger partial charge in [0.05, 0.1) is 18.1 Å². The van der Waals surface area contributed by atoms with Gasteiger partial charge in [-0.3, -0.25) is 9.59 Å². The van der Waals surface area contributed by atoms with Gasteiger partial charge in [0, 0.05) is 10.6 Å². The number of benzene rings is 2. The lowest BCUT2D eigenvalue weighted by atomic mass is 9.63. The molecule has 0 unspecified atom stereocenters. The number of imide groups is 1. The van der Waals surface area contributed by atoms with Crippen molar-refractivity contribution < 1.29 is 14.3 Å². The normalized spacial score (nSPS) is 32.5. The number of ether oxygens (including phenoxy) is 1. The first-order valence-electron chi connectivity index (χ1n) is 10.7. The zero-order chi connectivity index (χ0) is 21.1. The highest BCUT2D eigenvalue weighted by Gasteiger charge is 2.67. The number of para-hydroxylation sites is 1. The lowest BCUT2D eigenvalue weighted by molar-refractivity contribution is -0.140. The van der Waals surface area contributed by atoms with Gasteiger partial charge in [-0.15, -0.1) is 0 Å². The van der Waals surface area contributed by atoms with Crippen molar-refractivity contribution in [3.63, 3.8) is 0 Å². The Balaban J connectivity index is 1.21. The van der Waals surface area contributed by atoms with Gasteiger partial charge in [-0.05, 0) is 59.9 Å². The van der Waals surface area contributed by atoms with Crippen LogP contribution in [-0.2, 0) is 16.2 Å². The van der Waals surface area contributed by atoms with E-state index in [1.54, 1.807) is 6.21 Å². The minimum Gasteiger partial charge on any atom is -0.488 e. The summed E-state index contributed by atoms with van der Waals surface area (Å²) in [5.41, 5.74) is 1.67. The molecule has 3 fully saturated rings. The number of nitrogens with zero attached hydrogens (tertiary/aromatic N) is 2. The Bertz CT molecular complexity index is 1110. The summed E-state index contributed by atoms with van der Waals surface area (Å²) in [6.45, 7) is 0.356. The number of hydrogen-bond acceptors (Lipinski definition) is 4. The maximum atomic E-state index is 13.1. The molecule has 0 N–H and O–H groups in total. The molecule has 2 bridgehead atoms. The van der Waals surface area contributed by atoms with Crippen LogP contribution in [-0.4, -0.2) is 23.0 Å². The van der Waals surface area contributed by atoms with E-state index in [2.05, 4.69) is 17.3 Å². The quantitative estimate of drug-likeness (QED) is 0.402. The molecule has 5 aliphatic rings. The average Bonchev–Trinajstić information content (AvgIpc) is 3.56. The molecule has 4 aliphatic carbocycles. The Morgan fingerprint density at radius 2 is 1.71 bits per heavy atom. The van der Waals surface area contributed by atoms with Gasteiger partial charge in [0.2, 0.25) is 0 Å². The number of hydrazone groups is 1. The van der Waals surface area contributed by atoms with E-state index >= 15 is 0 Å². The van der Waals surface area contributed by atoms with E-state index < -0.39 is 0 Å². The van der Waals surface area contributed by atoms with Crippen LogP contribution < -0.4 is 4.74 Å². The summed E-state index contributed by atoms with van der Waals surface area (Å²) in [7, 11) is 0. The lowest BCUT2D eigenvalue weighted by Gasteiger charge is -2.37. The smallest absolute Gasteiger partial charge is 0.254 e. The molecule has 156 valence electrons. The molecule has 1 heterocycles. The lowest BCUT2D eigenvalue weighted by Crippen LogP contribution is -2.40. The topological polar surface area (TPSA) is 59.0 Å². The van der Waals surface area contributed by atoms with E-state index in [4.69, 9.17) is 16.3 Å². The Hall–Kier alpha value is -2.92. The summed E-state index contributed by atoms with van der Waals surface area (Å²) in [4.78, 5) is 26.1. The highest BCUT2D eigenvalue weighted by molar-refractivity contribution is 6.30. The molecule has 2 aromatic carbocycles. The molecule has 6 atom stereocenters. The second kappa shape index (κ2) is 7.06. The van der Waals surface area contributed by atoms with Crippen molar-refractivity contribution in [1.29, 1.82) is 0 Å². The van der Waals surface area contributed by atoms with Gasteiger partial charge < -0.3 is 4.74 Å². The zero-order valence-corrected chi connectivity index (χ0v) is 17.5. The fourth-order valence-electron chi connectivity index (χ4n) is 5.68. The fourth-order valence-corrected chi connectivity index (χ4v) is 5.89. The molecule has 7 rings (SSSR count). The fraction of sp³-hybridized carbons (Fsp3) is 0.320. The summed E-state index contributed by atoms with van der Waals surface area (Å²) in [6.07, 6.45) is 7.03. The zero-order valence-electron chi connectivity index (χ0n) is 16.7. The first kappa shape index (κ1) is 18.8. The maximum Gasteiger partial charge on any atom is 0.254 e. The van der Waals surface area contributed by atoms with Crippen molar-refractivity contribution in [2.75, 3.05) is 0 Å². The van der Waals surface area contributed by atoms with Crippen molar-refractivity contribution in [3.8, 4) is 5.75 Å². The number of carbonyl (C=O) groups excluding carboxylic acids is 2. The monoisotopic (exact) mass is 432 g/mol. The number of halogens is 1. The summed E-state index contributed by atoms with van der Waals surface area (Å²) in [5.74, 6) is 1.40. The molecule has 2 saturated carbocycles. The van der Waals surface area contributed by atoms with Gasteiger partial charge in [-0.25, -0.2) is 0 Å². The van der Waals surface area contributed by atoms with E-state index in [0.717, 1.165) is 17.0 Å². The van der Waals surface area contributed by atoms with Gasteiger partial charge in [0.15, 0.2) is 0 Å². The van der Waals surface area contributed by atoms with Crippen LogP contribution in [0, 0.1) is 35.5 Å². The summed E-state index contributed by atoms with van der Waals surface area (Å²) in [5, 5.41) is 6.08. The van der Waals surface area contributed by atoms with Crippen LogP contribution in [0.2, 0.25) is 5.02 Å². The molecule has 1 aliphatic heterocycles. The van der Waals surface area contributed by atoms with E-state index in [1.807, 2.05) is 48.5 Å². The second-order valence-corrected chi connectivity index (χ2v) is 9.28. The maximum absolute atomic E-state index is 13.1. The SMILES string of the molecule is O=C1[C@@H]2[C@H]3C=C[C@@H]([C@@H]4C[C@@H]34)[C@@H]2C(=O)N1/N=C\c1ccccc1OCc1cccc(Cl)c1. The van der Waals surface area contributed by atoms with Gasteiger partial charge in [-0.2, -0.15) is 10.1 Å². The standard InChI is InChI=1S/C25H21ClN2O3/c26-16-6-3-4-14(10-16)13-31-21-7-2-1-5-15(21)12-27-28-24(29)22-17-8-9-18(20-11-19(17)20)23(22)25(28)30/h1-10,12,17-20,22-23H,11,13H2/b27-12-/t17-,18-,19-,20-,22-,23+/m0/s1. The van der Waals surface area contributed by atoms with Gasteiger partial charge in [0.1, 0.15) is 12.4 Å². The molecule has 0 spiro atoms. The van der Waals surface area contributed by atoms with Gasteiger partial charge >= 0.3 is 0 Å². The summed E-state index contributed by atoms with van der Waals surface area (Å²) in [6, 6.07) is 14.9. The van der Waals surface area contributed by atoms with Crippen molar-refractivity contribution in [2.45, 2.75) is 13.0 Å². The molecule has 5 nitrogen and oxygen atoms in total. The molecule has 2 amide bonds. The number of rotatable bonds is 5. The molecule has 2 aromatic rings. The Labute approximate surface area is 185 Å². The highest BCUT2D eigenvalue weighted by Crippen LogP contribution is 2.65. The van der Waals surface area contributed by atoms with Crippen LogP contribution in [0.5, 0.6) is 5.75 Å². The first-order chi connectivity index (χ1) is 15.1. The third kappa shape index (κ3) is 3.02. The van der Waals surface area contributed by atoms with E-state index in [9.17, 15) is 9.59 Å². The summed E-state index contributed by atoms with van der Waals surface area (Å²) < 4.78 is 5.96. The number of amides is 2. The predicted octanol–water partition coefficient (Wildman–Crippen LogP) is 4.31. The Morgan fingerprint density at radius 1 is 1.00 bits per heavy atom. The second-order valence-electron chi connectivity index (χ2n) is 8.84. The van der Waals surface area contributed by atoms with Crippen LogP contribution >= 0.6 is 11.6 Å². The Morgan fingerprint density at radius 3 is 2.42 bits per heavy atom. The molecular weight excluding hydrogens is 412 g/mol. The van der Waals surface area contributed by atoms with Crippen LogP contribution in [0.25, 0.3) is 0 Å². The molecule has 6 heteroatoms. The molecular formula is C25H21ClN2O3. The highest BCUT2D eigenvalue weighted by atomic mass is 35.5.